The SMILES string of the molecule is [AsH2]CCN1CCOCC1. The van der Waals surface area contributed by atoms with Gasteiger partial charge in [0.25, 0.3) is 0 Å². The summed E-state index contributed by atoms with van der Waals surface area (Å²) in [5.74, 6) is 0. The number of rotatable bonds is 2. The van der Waals surface area contributed by atoms with Crippen LogP contribution in [0.5, 0.6) is 0 Å². The first-order valence-electron chi connectivity index (χ1n) is 3.43. The second-order valence-electron chi connectivity index (χ2n) is 2.24. The average molecular weight is 191 g/mol. The second kappa shape index (κ2) is 4.32. The van der Waals surface area contributed by atoms with Gasteiger partial charge in [-0.2, -0.15) is 0 Å². The van der Waals surface area contributed by atoms with E-state index in [0.29, 0.717) is 0 Å². The minimum atomic E-state index is 0.938. The Kier molecular flexibility index (Phi) is 3.64. The Bertz CT molecular complexity index is 70.7. The molecule has 0 aromatic rings. The molecule has 0 amide bonds. The Hall–Kier alpha value is 0.478. The molecule has 1 heterocycles. The van der Waals surface area contributed by atoms with Crippen molar-refractivity contribution in [2.24, 2.45) is 0 Å². The summed E-state index contributed by atoms with van der Waals surface area (Å²) in [6.45, 7) is 5.43. The molecule has 2 nitrogen and oxygen atoms in total. The minimum absolute atomic E-state index is 0.938. The van der Waals surface area contributed by atoms with Gasteiger partial charge in [-0.05, 0) is 0 Å². The standard InChI is InChI=1S/C6H14AsNO/c7-1-2-8-3-5-9-6-4-8/h1-7H2. The summed E-state index contributed by atoms with van der Waals surface area (Å²) in [5.41, 5.74) is 0. The maximum atomic E-state index is 5.21. The molecule has 0 saturated carbocycles. The number of nitrogens with zero attached hydrogens (tertiary/aromatic N) is 1. The van der Waals surface area contributed by atoms with Gasteiger partial charge in [0, 0.05) is 0 Å². The monoisotopic (exact) mass is 191 g/mol. The third-order valence-corrected chi connectivity index (χ3v) is 2.09. The topological polar surface area (TPSA) is 12.5 Å². The van der Waals surface area contributed by atoms with E-state index in [1.807, 2.05) is 16.9 Å². The van der Waals surface area contributed by atoms with E-state index in [4.69, 9.17) is 4.74 Å². The van der Waals surface area contributed by atoms with Crippen LogP contribution in [0.4, 0.5) is 0 Å². The number of morpholine rings is 1. The van der Waals surface area contributed by atoms with E-state index in [2.05, 4.69) is 4.90 Å². The van der Waals surface area contributed by atoms with E-state index in [1.54, 1.807) is 0 Å². The van der Waals surface area contributed by atoms with Gasteiger partial charge in [0.15, 0.2) is 0 Å². The molecule has 0 bridgehead atoms. The molecule has 0 spiro atoms. The van der Waals surface area contributed by atoms with Crippen LogP contribution in [-0.4, -0.2) is 54.6 Å². The first-order chi connectivity index (χ1) is 4.43. The van der Waals surface area contributed by atoms with Gasteiger partial charge in [0.1, 0.15) is 0 Å². The fourth-order valence-electron chi connectivity index (χ4n) is 1.01. The van der Waals surface area contributed by atoms with Crippen LogP contribution in [0.25, 0.3) is 0 Å². The summed E-state index contributed by atoms with van der Waals surface area (Å²) in [6, 6.07) is 0. The van der Waals surface area contributed by atoms with Crippen molar-refractivity contribution in [1.29, 1.82) is 0 Å². The Labute approximate surface area is 65.1 Å². The van der Waals surface area contributed by atoms with E-state index in [1.165, 1.54) is 11.8 Å². The van der Waals surface area contributed by atoms with Gasteiger partial charge in [-0.15, -0.1) is 0 Å². The van der Waals surface area contributed by atoms with Gasteiger partial charge in [0.05, 0.1) is 0 Å². The van der Waals surface area contributed by atoms with Gasteiger partial charge >= 0.3 is 64.5 Å². The van der Waals surface area contributed by atoms with Gasteiger partial charge < -0.3 is 0 Å². The zero-order chi connectivity index (χ0) is 6.53. The van der Waals surface area contributed by atoms with Crippen molar-refractivity contribution in [1.82, 2.24) is 4.90 Å². The second-order valence-corrected chi connectivity index (χ2v) is 3.45. The molecule has 1 rings (SSSR count). The summed E-state index contributed by atoms with van der Waals surface area (Å²) in [6.07, 6.45) is 0. The fraction of sp³-hybridized carbons (Fsp3) is 1.00. The summed E-state index contributed by atoms with van der Waals surface area (Å²) < 4.78 is 5.21. The van der Waals surface area contributed by atoms with Crippen molar-refractivity contribution in [3.05, 3.63) is 0 Å². The first-order valence-corrected chi connectivity index (χ1v) is 5.15. The summed E-state index contributed by atoms with van der Waals surface area (Å²) in [5, 5.41) is 1.33. The molecule has 0 radical (unpaired) electrons. The van der Waals surface area contributed by atoms with Crippen LogP contribution in [0, 0.1) is 0 Å². The molecule has 9 heavy (non-hydrogen) atoms. The van der Waals surface area contributed by atoms with Crippen molar-refractivity contribution in [3.63, 3.8) is 0 Å². The number of hydrogen-bond acceptors (Lipinski definition) is 2. The van der Waals surface area contributed by atoms with E-state index in [-0.39, 0.29) is 0 Å². The van der Waals surface area contributed by atoms with Crippen LogP contribution < -0.4 is 0 Å². The van der Waals surface area contributed by atoms with Crippen molar-refractivity contribution in [3.8, 4) is 0 Å². The van der Waals surface area contributed by atoms with Crippen LogP contribution in [0.2, 0.25) is 5.21 Å². The summed E-state index contributed by atoms with van der Waals surface area (Å²) in [7, 11) is 0. The molecule has 1 unspecified atom stereocenters. The van der Waals surface area contributed by atoms with E-state index >= 15 is 0 Å². The molecule has 54 valence electrons. The third kappa shape index (κ3) is 2.70. The molecule has 1 atom stereocenters. The summed E-state index contributed by atoms with van der Waals surface area (Å²) >= 11 is 1.82. The van der Waals surface area contributed by atoms with Crippen LogP contribution in [0.1, 0.15) is 0 Å². The normalized spacial score (nSPS) is 22.3. The first kappa shape index (κ1) is 7.58. The molecule has 1 saturated heterocycles. The molecule has 1 aliphatic heterocycles. The number of ether oxygens (including phenoxy) is 1. The zero-order valence-corrected chi connectivity index (χ0v) is 8.10. The van der Waals surface area contributed by atoms with Crippen molar-refractivity contribution >= 4 is 16.9 Å². The summed E-state index contributed by atoms with van der Waals surface area (Å²) in [4.78, 5) is 2.46. The van der Waals surface area contributed by atoms with Gasteiger partial charge in [0.2, 0.25) is 0 Å². The predicted molar refractivity (Wildman–Crippen MR) is 40.6 cm³/mol. The molecule has 3 heteroatoms. The maximum absolute atomic E-state index is 5.21. The average Bonchev–Trinajstić information content (AvgIpc) is 1.91. The van der Waals surface area contributed by atoms with Crippen LogP contribution in [0.15, 0.2) is 0 Å². The zero-order valence-electron chi connectivity index (χ0n) is 5.68. The quantitative estimate of drug-likeness (QED) is 0.539. The van der Waals surface area contributed by atoms with Crippen molar-refractivity contribution < 1.29 is 4.74 Å². The van der Waals surface area contributed by atoms with E-state index < -0.39 is 0 Å². The Balaban J connectivity index is 2.08. The van der Waals surface area contributed by atoms with E-state index in [9.17, 15) is 0 Å². The fourth-order valence-corrected chi connectivity index (χ4v) is 1.77. The molecule has 0 aromatic carbocycles. The molecular weight excluding hydrogens is 177 g/mol. The molecular formula is C6H14AsNO. The molecule has 1 aliphatic rings. The Morgan fingerprint density at radius 1 is 1.33 bits per heavy atom. The Morgan fingerprint density at radius 2 is 2.00 bits per heavy atom. The molecule has 0 aromatic heterocycles. The number of hydrogen-bond donors (Lipinski definition) is 0. The van der Waals surface area contributed by atoms with Crippen LogP contribution in [-0.2, 0) is 4.74 Å². The van der Waals surface area contributed by atoms with Gasteiger partial charge in [-0.3, -0.25) is 0 Å². The van der Waals surface area contributed by atoms with Gasteiger partial charge in [-0.1, -0.05) is 0 Å². The van der Waals surface area contributed by atoms with Crippen LogP contribution in [0.3, 0.4) is 0 Å². The molecule has 1 fully saturated rings. The van der Waals surface area contributed by atoms with Crippen LogP contribution >= 0.6 is 0 Å². The Morgan fingerprint density at radius 3 is 2.56 bits per heavy atom. The van der Waals surface area contributed by atoms with Gasteiger partial charge in [-0.25, -0.2) is 0 Å². The molecule has 0 N–H and O–H groups in total. The van der Waals surface area contributed by atoms with E-state index in [0.717, 1.165) is 26.3 Å². The van der Waals surface area contributed by atoms with Crippen molar-refractivity contribution in [2.45, 2.75) is 5.21 Å². The third-order valence-electron chi connectivity index (χ3n) is 1.55. The predicted octanol–water partition coefficient (Wildman–Crippen LogP) is -0.630. The van der Waals surface area contributed by atoms with Crippen molar-refractivity contribution in [2.75, 3.05) is 32.8 Å². The molecule has 0 aliphatic carbocycles.